The lowest BCUT2D eigenvalue weighted by molar-refractivity contribution is -0.141. The van der Waals surface area contributed by atoms with Crippen LogP contribution in [0.15, 0.2) is 0 Å². The van der Waals surface area contributed by atoms with Crippen molar-refractivity contribution in [1.29, 1.82) is 0 Å². The summed E-state index contributed by atoms with van der Waals surface area (Å²) in [6.45, 7) is 11.3. The van der Waals surface area contributed by atoms with E-state index in [0.717, 1.165) is 32.0 Å². The first kappa shape index (κ1) is 23.0. The van der Waals surface area contributed by atoms with Gasteiger partial charge in [0.05, 0.1) is 12.7 Å². The number of carbonyl (C=O) groups is 1. The molecule has 3 rings (SSSR count). The molecule has 0 bridgehead atoms. The second-order valence-corrected chi connectivity index (χ2v) is 7.78. The van der Waals surface area contributed by atoms with Gasteiger partial charge >= 0.3 is 0 Å². The number of halogens is 2. The van der Waals surface area contributed by atoms with E-state index >= 15 is 0 Å². The van der Waals surface area contributed by atoms with Crippen molar-refractivity contribution in [3.05, 3.63) is 0 Å². The Balaban J connectivity index is 0.00000156. The Morgan fingerprint density at radius 3 is 2.52 bits per heavy atom. The Hall–Kier alpha value is -0.0700. The third kappa shape index (κ3) is 6.24. The summed E-state index contributed by atoms with van der Waals surface area (Å²) in [5, 5.41) is 3.34. The number of rotatable bonds is 3. The molecule has 3 aliphatic heterocycles. The van der Waals surface area contributed by atoms with Crippen LogP contribution in [0.2, 0.25) is 0 Å². The predicted molar refractivity (Wildman–Crippen MR) is 106 cm³/mol. The molecule has 0 radical (unpaired) electrons. The minimum Gasteiger partial charge on any atom is -0.375 e. The summed E-state index contributed by atoms with van der Waals surface area (Å²) in [5.41, 5.74) is 0. The van der Waals surface area contributed by atoms with E-state index in [4.69, 9.17) is 4.74 Å². The van der Waals surface area contributed by atoms with Crippen LogP contribution in [0.1, 0.15) is 39.5 Å². The molecule has 25 heavy (non-hydrogen) atoms. The topological polar surface area (TPSA) is 44.8 Å². The van der Waals surface area contributed by atoms with Crippen LogP contribution in [-0.4, -0.2) is 73.7 Å². The monoisotopic (exact) mass is 395 g/mol. The van der Waals surface area contributed by atoms with Crippen molar-refractivity contribution in [2.75, 3.05) is 45.9 Å². The molecule has 1 unspecified atom stereocenters. The number of nitrogens with zero attached hydrogens (tertiary/aromatic N) is 2. The molecule has 0 aromatic rings. The molecule has 0 aromatic carbocycles. The smallest absolute Gasteiger partial charge is 0.242 e. The van der Waals surface area contributed by atoms with Crippen LogP contribution in [0.25, 0.3) is 0 Å². The molecule has 1 N–H and O–H groups in total. The SMILES string of the molecule is CC1CCN(CC2CCCN(C(=O)[C@H]3NCCO[C@@H]3C)C2)CC1.Cl.Cl. The maximum absolute atomic E-state index is 12.8. The fraction of sp³-hybridized carbons (Fsp3) is 0.944. The fourth-order valence-electron chi connectivity index (χ4n) is 4.23. The summed E-state index contributed by atoms with van der Waals surface area (Å²) < 4.78 is 5.64. The number of piperidine rings is 2. The van der Waals surface area contributed by atoms with Crippen LogP contribution < -0.4 is 5.32 Å². The highest BCUT2D eigenvalue weighted by atomic mass is 35.5. The molecule has 3 saturated heterocycles. The quantitative estimate of drug-likeness (QED) is 0.794. The standard InChI is InChI=1S/C18H33N3O2.2ClH/c1-14-5-9-20(10-6-14)12-16-4-3-8-21(13-16)18(22)17-15(2)23-11-7-19-17;;/h14-17,19H,3-13H2,1-2H3;2*1H/t15-,16?,17+;;/m1../s1. The molecule has 3 aliphatic rings. The van der Waals surface area contributed by atoms with Gasteiger partial charge in [-0.2, -0.15) is 0 Å². The highest BCUT2D eigenvalue weighted by Gasteiger charge is 2.34. The largest absolute Gasteiger partial charge is 0.375 e. The van der Waals surface area contributed by atoms with E-state index in [9.17, 15) is 4.79 Å². The van der Waals surface area contributed by atoms with Gasteiger partial charge in [-0.3, -0.25) is 4.79 Å². The van der Waals surface area contributed by atoms with Crippen molar-refractivity contribution >= 4 is 30.7 Å². The van der Waals surface area contributed by atoms with Crippen LogP contribution in [0, 0.1) is 11.8 Å². The summed E-state index contributed by atoms with van der Waals surface area (Å²) in [7, 11) is 0. The summed E-state index contributed by atoms with van der Waals surface area (Å²) in [6.07, 6.45) is 5.05. The van der Waals surface area contributed by atoms with Crippen LogP contribution in [0.4, 0.5) is 0 Å². The summed E-state index contributed by atoms with van der Waals surface area (Å²) in [6, 6.07) is -0.154. The molecule has 3 atom stereocenters. The van der Waals surface area contributed by atoms with Crippen molar-refractivity contribution in [2.24, 2.45) is 11.8 Å². The summed E-state index contributed by atoms with van der Waals surface area (Å²) in [4.78, 5) is 17.5. The Kier molecular flexibility index (Phi) is 10.0. The van der Waals surface area contributed by atoms with E-state index in [1.165, 1.54) is 38.9 Å². The van der Waals surface area contributed by atoms with E-state index in [-0.39, 0.29) is 42.9 Å². The average Bonchev–Trinajstić information content (AvgIpc) is 2.57. The van der Waals surface area contributed by atoms with Crippen molar-refractivity contribution in [3.63, 3.8) is 0 Å². The first-order valence-electron chi connectivity index (χ1n) is 9.49. The van der Waals surface area contributed by atoms with Gasteiger partial charge in [-0.1, -0.05) is 6.92 Å². The molecule has 3 heterocycles. The van der Waals surface area contributed by atoms with Crippen molar-refractivity contribution < 1.29 is 9.53 Å². The molecule has 0 spiro atoms. The zero-order chi connectivity index (χ0) is 16.2. The number of hydrogen-bond donors (Lipinski definition) is 1. The van der Waals surface area contributed by atoms with Crippen molar-refractivity contribution in [3.8, 4) is 0 Å². The van der Waals surface area contributed by atoms with Gasteiger partial charge in [0.25, 0.3) is 0 Å². The first-order chi connectivity index (χ1) is 11.1. The summed E-state index contributed by atoms with van der Waals surface area (Å²) in [5.74, 6) is 1.77. The number of amides is 1. The Bertz CT molecular complexity index is 406. The molecule has 5 nitrogen and oxygen atoms in total. The Morgan fingerprint density at radius 1 is 1.12 bits per heavy atom. The normalized spacial score (nSPS) is 31.8. The predicted octanol–water partition coefficient (Wildman–Crippen LogP) is 2.18. The first-order valence-corrected chi connectivity index (χ1v) is 9.49. The Labute approximate surface area is 165 Å². The zero-order valence-electron chi connectivity index (χ0n) is 15.6. The van der Waals surface area contributed by atoms with E-state index in [0.29, 0.717) is 12.5 Å². The lowest BCUT2D eigenvalue weighted by Gasteiger charge is -2.40. The second-order valence-electron chi connectivity index (χ2n) is 7.78. The number of morpholine rings is 1. The zero-order valence-corrected chi connectivity index (χ0v) is 17.2. The maximum Gasteiger partial charge on any atom is 0.242 e. The molecule has 1 amide bonds. The molecule has 0 aromatic heterocycles. The minimum atomic E-state index is -0.154. The van der Waals surface area contributed by atoms with Gasteiger partial charge < -0.3 is 19.9 Å². The number of ether oxygens (including phenoxy) is 1. The molecule has 7 heteroatoms. The second kappa shape index (κ2) is 10.9. The third-order valence-electron chi connectivity index (χ3n) is 5.81. The lowest BCUT2D eigenvalue weighted by atomic mass is 9.93. The van der Waals surface area contributed by atoms with Gasteiger partial charge in [-0.15, -0.1) is 24.8 Å². The highest BCUT2D eigenvalue weighted by Crippen LogP contribution is 2.22. The van der Waals surface area contributed by atoms with Gasteiger partial charge in [0, 0.05) is 26.2 Å². The van der Waals surface area contributed by atoms with Gasteiger partial charge in [0.15, 0.2) is 0 Å². The van der Waals surface area contributed by atoms with Gasteiger partial charge in [-0.25, -0.2) is 0 Å². The molecule has 148 valence electrons. The fourth-order valence-corrected chi connectivity index (χ4v) is 4.23. The van der Waals surface area contributed by atoms with E-state index in [1.54, 1.807) is 0 Å². The molecule has 0 saturated carbocycles. The molecule has 0 aliphatic carbocycles. The highest BCUT2D eigenvalue weighted by molar-refractivity contribution is 5.85. The third-order valence-corrected chi connectivity index (χ3v) is 5.81. The maximum atomic E-state index is 12.8. The van der Waals surface area contributed by atoms with E-state index < -0.39 is 0 Å². The van der Waals surface area contributed by atoms with Crippen LogP contribution in [0.3, 0.4) is 0 Å². The summed E-state index contributed by atoms with van der Waals surface area (Å²) >= 11 is 0. The average molecular weight is 396 g/mol. The number of hydrogen-bond acceptors (Lipinski definition) is 4. The van der Waals surface area contributed by atoms with E-state index in [2.05, 4.69) is 22.0 Å². The van der Waals surface area contributed by atoms with E-state index in [1.807, 2.05) is 6.92 Å². The van der Waals surface area contributed by atoms with Crippen molar-refractivity contribution in [2.45, 2.75) is 51.7 Å². The van der Waals surface area contributed by atoms with Crippen LogP contribution >= 0.6 is 24.8 Å². The van der Waals surface area contributed by atoms with Crippen LogP contribution in [-0.2, 0) is 9.53 Å². The molecular formula is C18H35Cl2N3O2. The number of carbonyl (C=O) groups excluding carboxylic acids is 1. The van der Waals surface area contributed by atoms with Gasteiger partial charge in [0.1, 0.15) is 6.04 Å². The van der Waals surface area contributed by atoms with Gasteiger partial charge in [0.2, 0.25) is 5.91 Å². The number of likely N-dealkylation sites (tertiary alicyclic amines) is 2. The van der Waals surface area contributed by atoms with Crippen molar-refractivity contribution in [1.82, 2.24) is 15.1 Å². The van der Waals surface area contributed by atoms with Gasteiger partial charge in [-0.05, 0) is 57.5 Å². The Morgan fingerprint density at radius 2 is 1.84 bits per heavy atom. The lowest BCUT2D eigenvalue weighted by Crippen LogP contribution is -2.58. The molecular weight excluding hydrogens is 361 g/mol. The van der Waals surface area contributed by atoms with Crippen LogP contribution in [0.5, 0.6) is 0 Å². The molecule has 3 fully saturated rings. The number of nitrogens with one attached hydrogen (secondary N) is 1. The minimum absolute atomic E-state index is 0.